The maximum atomic E-state index is 13.8. The van der Waals surface area contributed by atoms with Crippen LogP contribution in [-0.2, 0) is 4.79 Å². The van der Waals surface area contributed by atoms with E-state index in [9.17, 15) is 18.4 Å². The zero-order valence-electron chi connectivity index (χ0n) is 15.5. The van der Waals surface area contributed by atoms with Gasteiger partial charge in [0.25, 0.3) is 5.91 Å². The number of likely N-dealkylation sites (tertiary alicyclic amines) is 1. The highest BCUT2D eigenvalue weighted by Crippen LogP contribution is 2.19. The molecule has 2 rings (SSSR count). The molecule has 1 aromatic rings. The fraction of sp³-hybridized carbons (Fsp3) is 0.579. The number of amides is 2. The topological polar surface area (TPSA) is 61.4 Å². The first kappa shape index (κ1) is 20.3. The van der Waals surface area contributed by atoms with Crippen molar-refractivity contribution in [1.82, 2.24) is 15.5 Å². The van der Waals surface area contributed by atoms with Gasteiger partial charge in [-0.3, -0.25) is 9.59 Å². The maximum absolute atomic E-state index is 13.8. The molecule has 1 heterocycles. The van der Waals surface area contributed by atoms with Gasteiger partial charge in [0.15, 0.2) is 0 Å². The van der Waals surface area contributed by atoms with E-state index in [2.05, 4.69) is 10.6 Å². The highest BCUT2D eigenvalue weighted by atomic mass is 19.1. The lowest BCUT2D eigenvalue weighted by Gasteiger charge is -2.36. The van der Waals surface area contributed by atoms with E-state index < -0.39 is 29.1 Å². The van der Waals surface area contributed by atoms with Gasteiger partial charge in [0.2, 0.25) is 5.91 Å². The maximum Gasteiger partial charge on any atom is 0.257 e. The summed E-state index contributed by atoms with van der Waals surface area (Å²) in [5, 5.41) is 5.66. The van der Waals surface area contributed by atoms with Gasteiger partial charge >= 0.3 is 0 Å². The van der Waals surface area contributed by atoms with Crippen LogP contribution in [-0.4, -0.2) is 49.4 Å². The van der Waals surface area contributed by atoms with Crippen LogP contribution in [0.1, 0.15) is 37.0 Å². The Kier molecular flexibility index (Phi) is 7.08. The Bertz CT molecular complexity index is 629. The van der Waals surface area contributed by atoms with Crippen LogP contribution < -0.4 is 10.6 Å². The summed E-state index contributed by atoms with van der Waals surface area (Å²) in [6, 6.07) is 2.42. The minimum Gasteiger partial charge on any atom is -0.341 e. The van der Waals surface area contributed by atoms with Crippen molar-refractivity contribution in [1.29, 1.82) is 0 Å². The van der Waals surface area contributed by atoms with Gasteiger partial charge in [0.05, 0.1) is 0 Å². The van der Waals surface area contributed by atoms with Gasteiger partial charge in [-0.15, -0.1) is 0 Å². The average molecular weight is 367 g/mol. The van der Waals surface area contributed by atoms with E-state index in [1.54, 1.807) is 18.7 Å². The fourth-order valence-corrected chi connectivity index (χ4v) is 3.36. The Morgan fingerprint density at radius 2 is 1.92 bits per heavy atom. The quantitative estimate of drug-likeness (QED) is 0.810. The molecule has 26 heavy (non-hydrogen) atoms. The minimum atomic E-state index is -0.940. The largest absolute Gasteiger partial charge is 0.341 e. The van der Waals surface area contributed by atoms with Crippen LogP contribution in [0.25, 0.3) is 0 Å². The van der Waals surface area contributed by atoms with Crippen molar-refractivity contribution in [2.75, 3.05) is 26.7 Å². The van der Waals surface area contributed by atoms with Crippen molar-refractivity contribution in [3.8, 4) is 0 Å². The average Bonchev–Trinajstić information content (AvgIpc) is 2.59. The van der Waals surface area contributed by atoms with Gasteiger partial charge in [-0.1, -0.05) is 19.9 Å². The number of hydrogen-bond acceptors (Lipinski definition) is 3. The molecule has 1 aliphatic heterocycles. The van der Waals surface area contributed by atoms with Crippen molar-refractivity contribution in [3.63, 3.8) is 0 Å². The van der Waals surface area contributed by atoms with E-state index in [0.717, 1.165) is 31.5 Å². The molecule has 0 bridgehead atoms. The van der Waals surface area contributed by atoms with E-state index in [1.165, 1.54) is 6.07 Å². The summed E-state index contributed by atoms with van der Waals surface area (Å²) < 4.78 is 27.7. The molecule has 2 N–H and O–H groups in total. The molecule has 0 aromatic heterocycles. The Hall–Kier alpha value is -2.02. The predicted molar refractivity (Wildman–Crippen MR) is 95.7 cm³/mol. The van der Waals surface area contributed by atoms with Crippen LogP contribution in [0.5, 0.6) is 0 Å². The van der Waals surface area contributed by atoms with Crippen molar-refractivity contribution in [2.24, 2.45) is 11.8 Å². The molecule has 1 aliphatic rings. The zero-order valence-corrected chi connectivity index (χ0v) is 15.5. The number of carbonyl (C=O) groups is 2. The first-order valence-electron chi connectivity index (χ1n) is 9.03. The molecule has 144 valence electrons. The Labute approximate surface area is 153 Å². The predicted octanol–water partition coefficient (Wildman–Crippen LogP) is 2.18. The highest BCUT2D eigenvalue weighted by Gasteiger charge is 2.32. The molecule has 1 saturated heterocycles. The summed E-state index contributed by atoms with van der Waals surface area (Å²) in [6.07, 6.45) is 1.95. The van der Waals surface area contributed by atoms with Gasteiger partial charge in [-0.05, 0) is 50.4 Å². The lowest BCUT2D eigenvalue weighted by molar-refractivity contribution is -0.136. The lowest BCUT2D eigenvalue weighted by Crippen LogP contribution is -2.54. The normalized spacial score (nSPS) is 18.7. The van der Waals surface area contributed by atoms with E-state index in [0.29, 0.717) is 19.0 Å². The van der Waals surface area contributed by atoms with Gasteiger partial charge in [0, 0.05) is 13.1 Å². The molecule has 1 aromatic carbocycles. The molecular formula is C19H27F2N3O2. The number of benzene rings is 1. The smallest absolute Gasteiger partial charge is 0.257 e. The number of hydrogen-bond donors (Lipinski definition) is 2. The Balaban J connectivity index is 2.13. The summed E-state index contributed by atoms with van der Waals surface area (Å²) in [5.41, 5.74) is -0.655. The summed E-state index contributed by atoms with van der Waals surface area (Å²) in [7, 11) is 1.88. The fourth-order valence-electron chi connectivity index (χ4n) is 3.36. The second-order valence-electron chi connectivity index (χ2n) is 7.14. The van der Waals surface area contributed by atoms with E-state index in [4.69, 9.17) is 0 Å². The molecule has 0 spiro atoms. The van der Waals surface area contributed by atoms with Crippen LogP contribution in [0, 0.1) is 23.5 Å². The number of piperidine rings is 1. The Morgan fingerprint density at radius 3 is 2.50 bits per heavy atom. The second kappa shape index (κ2) is 9.07. The third kappa shape index (κ3) is 4.78. The van der Waals surface area contributed by atoms with Gasteiger partial charge in [-0.25, -0.2) is 8.78 Å². The summed E-state index contributed by atoms with van der Waals surface area (Å²) in [4.78, 5) is 27.1. The van der Waals surface area contributed by atoms with Gasteiger partial charge in [0.1, 0.15) is 23.2 Å². The number of carbonyl (C=O) groups excluding carboxylic acids is 2. The van der Waals surface area contributed by atoms with E-state index in [-0.39, 0.29) is 11.8 Å². The van der Waals surface area contributed by atoms with Crippen molar-refractivity contribution in [3.05, 3.63) is 35.4 Å². The standard InChI is InChI=1S/C19H27F2N3O2/c1-12(2)17(19(26)24-9-5-6-13(11-24)10-22-3)23-18(25)16-14(20)7-4-8-15(16)21/h4,7-8,12-13,17,22H,5-6,9-11H2,1-3H3,(H,23,25). The van der Waals surface area contributed by atoms with Crippen molar-refractivity contribution >= 4 is 11.8 Å². The van der Waals surface area contributed by atoms with Gasteiger partial charge < -0.3 is 15.5 Å². The highest BCUT2D eigenvalue weighted by molar-refractivity contribution is 5.98. The molecule has 0 radical (unpaired) electrons. The zero-order chi connectivity index (χ0) is 19.3. The molecule has 2 unspecified atom stereocenters. The summed E-state index contributed by atoms with van der Waals surface area (Å²) in [5.74, 6) is -2.83. The monoisotopic (exact) mass is 367 g/mol. The number of nitrogens with one attached hydrogen (secondary N) is 2. The second-order valence-corrected chi connectivity index (χ2v) is 7.14. The first-order chi connectivity index (χ1) is 12.3. The van der Waals surface area contributed by atoms with Crippen LogP contribution in [0.15, 0.2) is 18.2 Å². The van der Waals surface area contributed by atoms with Crippen LogP contribution in [0.3, 0.4) is 0 Å². The van der Waals surface area contributed by atoms with Crippen LogP contribution >= 0.6 is 0 Å². The third-order valence-electron chi connectivity index (χ3n) is 4.73. The summed E-state index contributed by atoms with van der Waals surface area (Å²) >= 11 is 0. The minimum absolute atomic E-state index is 0.203. The Morgan fingerprint density at radius 1 is 1.27 bits per heavy atom. The summed E-state index contributed by atoms with van der Waals surface area (Å²) in [6.45, 7) is 5.67. The van der Waals surface area contributed by atoms with Crippen molar-refractivity contribution < 1.29 is 18.4 Å². The van der Waals surface area contributed by atoms with E-state index >= 15 is 0 Å². The van der Waals surface area contributed by atoms with Crippen LogP contribution in [0.4, 0.5) is 8.78 Å². The lowest BCUT2D eigenvalue weighted by atomic mass is 9.95. The molecule has 7 heteroatoms. The molecule has 2 amide bonds. The molecular weight excluding hydrogens is 340 g/mol. The van der Waals surface area contributed by atoms with Crippen molar-refractivity contribution in [2.45, 2.75) is 32.7 Å². The SMILES string of the molecule is CNCC1CCCN(C(=O)C(NC(=O)c2c(F)cccc2F)C(C)C)C1. The molecule has 0 saturated carbocycles. The molecule has 5 nitrogen and oxygen atoms in total. The molecule has 2 atom stereocenters. The molecule has 1 fully saturated rings. The molecule has 0 aliphatic carbocycles. The van der Waals surface area contributed by atoms with Gasteiger partial charge in [-0.2, -0.15) is 0 Å². The third-order valence-corrected chi connectivity index (χ3v) is 4.73. The van der Waals surface area contributed by atoms with E-state index in [1.807, 2.05) is 7.05 Å². The first-order valence-corrected chi connectivity index (χ1v) is 9.03. The van der Waals surface area contributed by atoms with Crippen LogP contribution in [0.2, 0.25) is 0 Å². The number of rotatable bonds is 6. The number of nitrogens with zero attached hydrogens (tertiary/aromatic N) is 1. The number of halogens is 2.